The minimum Gasteiger partial charge on any atom is -0.467 e. The fourth-order valence-electron chi connectivity index (χ4n) is 2.87. The summed E-state index contributed by atoms with van der Waals surface area (Å²) in [6.07, 6.45) is 4.96. The molecule has 0 aromatic carbocycles. The van der Waals surface area contributed by atoms with Crippen LogP contribution in [0.4, 0.5) is 5.82 Å². The minimum absolute atomic E-state index is 0. The molecule has 1 aliphatic rings. The molecular formula is C18H24Cl2N4OS. The topological polar surface area (TPSA) is 77.0 Å². The molecular weight excluding hydrogens is 391 g/mol. The van der Waals surface area contributed by atoms with Crippen LogP contribution in [0.2, 0.25) is 0 Å². The normalized spacial score (nSPS) is 14.6. The van der Waals surface area contributed by atoms with Crippen molar-refractivity contribution in [2.24, 2.45) is 5.73 Å². The number of hydrogen-bond acceptors (Lipinski definition) is 6. The molecule has 0 spiro atoms. The summed E-state index contributed by atoms with van der Waals surface area (Å²) < 4.78 is 6.54. The first-order valence-corrected chi connectivity index (χ1v) is 9.25. The summed E-state index contributed by atoms with van der Waals surface area (Å²) >= 11 is 1.76. The molecule has 3 aromatic rings. The van der Waals surface area contributed by atoms with E-state index in [1.54, 1.807) is 17.6 Å². The van der Waals surface area contributed by atoms with Crippen LogP contribution in [0.15, 0.2) is 22.8 Å². The lowest BCUT2D eigenvalue weighted by Gasteiger charge is -2.07. The molecule has 0 bridgehead atoms. The summed E-state index contributed by atoms with van der Waals surface area (Å²) in [5, 5.41) is 3.44. The van der Waals surface area contributed by atoms with Gasteiger partial charge in [0.15, 0.2) is 0 Å². The van der Waals surface area contributed by atoms with Gasteiger partial charge in [0.05, 0.1) is 23.0 Å². The van der Waals surface area contributed by atoms with Gasteiger partial charge >= 0.3 is 0 Å². The Morgan fingerprint density at radius 2 is 2.12 bits per heavy atom. The van der Waals surface area contributed by atoms with Gasteiger partial charge in [-0.25, -0.2) is 9.97 Å². The number of nitrogens with one attached hydrogen (secondary N) is 1. The summed E-state index contributed by atoms with van der Waals surface area (Å²) in [5.74, 6) is 3.31. The number of furan rings is 1. The molecule has 3 N–H and O–H groups in total. The zero-order valence-electron chi connectivity index (χ0n) is 14.8. The second kappa shape index (κ2) is 8.57. The Morgan fingerprint density at radius 3 is 2.73 bits per heavy atom. The highest BCUT2D eigenvalue weighted by molar-refractivity contribution is 7.19. The number of aryl methyl sites for hydroxylation is 1. The number of rotatable bonds is 6. The van der Waals surface area contributed by atoms with Crippen molar-refractivity contribution < 1.29 is 4.42 Å². The molecule has 1 saturated carbocycles. The molecule has 3 aromatic heterocycles. The monoisotopic (exact) mass is 414 g/mol. The maximum atomic E-state index is 6.01. The van der Waals surface area contributed by atoms with E-state index in [1.165, 1.54) is 23.3 Å². The summed E-state index contributed by atoms with van der Waals surface area (Å²) in [4.78, 5) is 11.0. The Morgan fingerprint density at radius 1 is 1.35 bits per heavy atom. The number of halogens is 2. The average molecular weight is 415 g/mol. The van der Waals surface area contributed by atoms with Gasteiger partial charge in [0, 0.05) is 16.8 Å². The molecule has 0 aliphatic heterocycles. The van der Waals surface area contributed by atoms with E-state index in [2.05, 4.69) is 12.2 Å². The van der Waals surface area contributed by atoms with Crippen LogP contribution in [-0.2, 0) is 13.0 Å². The smallest absolute Gasteiger partial charge is 0.148 e. The van der Waals surface area contributed by atoms with Crippen LogP contribution in [0.5, 0.6) is 0 Å². The van der Waals surface area contributed by atoms with Crippen molar-refractivity contribution in [2.75, 3.05) is 5.32 Å². The summed E-state index contributed by atoms with van der Waals surface area (Å²) in [7, 11) is 0. The fraction of sp³-hybridized carbons (Fsp3) is 0.444. The van der Waals surface area contributed by atoms with Gasteiger partial charge in [-0.15, -0.1) is 36.2 Å². The van der Waals surface area contributed by atoms with Crippen molar-refractivity contribution >= 4 is 52.2 Å². The van der Waals surface area contributed by atoms with Crippen LogP contribution >= 0.6 is 36.2 Å². The molecule has 5 nitrogen and oxygen atoms in total. The molecule has 0 saturated heterocycles. The molecule has 1 atom stereocenters. The van der Waals surface area contributed by atoms with Gasteiger partial charge in [-0.05, 0) is 50.8 Å². The Hall–Kier alpha value is -1.34. The van der Waals surface area contributed by atoms with Crippen molar-refractivity contribution in [3.63, 3.8) is 0 Å². The van der Waals surface area contributed by atoms with Crippen molar-refractivity contribution in [2.45, 2.75) is 51.6 Å². The lowest BCUT2D eigenvalue weighted by molar-refractivity contribution is 0.518. The highest BCUT2D eigenvalue weighted by Crippen LogP contribution is 2.42. The SMILES string of the molecule is Cc1c(CC(C)N)sc2c(NCc3ccco3)nc(C3CC3)nc12.Cl.Cl. The number of hydrogen-bond donors (Lipinski definition) is 2. The number of aromatic nitrogens is 2. The van der Waals surface area contributed by atoms with Crippen LogP contribution < -0.4 is 11.1 Å². The standard InChI is InChI=1S/C18H22N4OS.2ClH/c1-10(19)8-14-11(2)15-16(24-14)18(20-9-13-4-3-7-23-13)22-17(21-15)12-5-6-12;;/h3-4,7,10,12H,5-6,8-9,19H2,1-2H3,(H,20,21,22);2*1H. The zero-order valence-corrected chi connectivity index (χ0v) is 17.3. The van der Waals surface area contributed by atoms with E-state index >= 15 is 0 Å². The van der Waals surface area contributed by atoms with Crippen molar-refractivity contribution in [1.29, 1.82) is 0 Å². The van der Waals surface area contributed by atoms with Gasteiger partial charge in [0.1, 0.15) is 17.4 Å². The molecule has 0 radical (unpaired) electrons. The largest absolute Gasteiger partial charge is 0.467 e. The summed E-state index contributed by atoms with van der Waals surface area (Å²) in [6.45, 7) is 4.82. The third kappa shape index (κ3) is 4.31. The van der Waals surface area contributed by atoms with Crippen LogP contribution in [0, 0.1) is 6.92 Å². The molecule has 1 aliphatic carbocycles. The van der Waals surface area contributed by atoms with E-state index in [4.69, 9.17) is 20.1 Å². The molecule has 26 heavy (non-hydrogen) atoms. The molecule has 1 fully saturated rings. The number of fused-ring (bicyclic) bond motifs is 1. The maximum absolute atomic E-state index is 6.01. The second-order valence-corrected chi connectivity index (χ2v) is 7.75. The predicted molar refractivity (Wildman–Crippen MR) is 112 cm³/mol. The van der Waals surface area contributed by atoms with Gasteiger partial charge in [-0.2, -0.15) is 0 Å². The number of nitrogens with zero attached hydrogens (tertiary/aromatic N) is 2. The highest BCUT2D eigenvalue weighted by atomic mass is 35.5. The molecule has 3 heterocycles. The zero-order chi connectivity index (χ0) is 16.7. The Kier molecular flexibility index (Phi) is 6.91. The van der Waals surface area contributed by atoms with E-state index in [1.807, 2.05) is 19.1 Å². The van der Waals surface area contributed by atoms with Crippen LogP contribution in [0.25, 0.3) is 10.2 Å². The number of nitrogens with two attached hydrogens (primary N) is 1. The predicted octanol–water partition coefficient (Wildman–Crippen LogP) is 4.82. The van der Waals surface area contributed by atoms with Gasteiger partial charge in [-0.1, -0.05) is 0 Å². The Labute approximate surface area is 169 Å². The van der Waals surface area contributed by atoms with Gasteiger partial charge < -0.3 is 15.5 Å². The minimum atomic E-state index is 0. The average Bonchev–Trinajstić information content (AvgIpc) is 3.19. The lowest BCUT2D eigenvalue weighted by Crippen LogP contribution is -2.17. The van der Waals surface area contributed by atoms with Crippen LogP contribution in [-0.4, -0.2) is 16.0 Å². The lowest BCUT2D eigenvalue weighted by atomic mass is 10.1. The maximum Gasteiger partial charge on any atom is 0.148 e. The number of thiophene rings is 1. The number of anilines is 1. The van der Waals surface area contributed by atoms with Crippen LogP contribution in [0.3, 0.4) is 0 Å². The summed E-state index contributed by atoms with van der Waals surface area (Å²) in [5.41, 5.74) is 8.33. The molecule has 142 valence electrons. The van der Waals surface area contributed by atoms with E-state index < -0.39 is 0 Å². The van der Waals surface area contributed by atoms with E-state index in [0.29, 0.717) is 12.5 Å². The summed E-state index contributed by atoms with van der Waals surface area (Å²) in [6, 6.07) is 4.01. The molecule has 8 heteroatoms. The first kappa shape index (κ1) is 21.0. The Balaban J connectivity index is 0.00000121. The van der Waals surface area contributed by atoms with Gasteiger partial charge in [-0.3, -0.25) is 0 Å². The van der Waals surface area contributed by atoms with E-state index in [9.17, 15) is 0 Å². The van der Waals surface area contributed by atoms with Crippen molar-refractivity contribution in [1.82, 2.24) is 9.97 Å². The van der Waals surface area contributed by atoms with E-state index in [0.717, 1.165) is 34.0 Å². The first-order chi connectivity index (χ1) is 11.6. The van der Waals surface area contributed by atoms with Gasteiger partial charge in [0.2, 0.25) is 0 Å². The quantitative estimate of drug-likeness (QED) is 0.604. The molecule has 4 rings (SSSR count). The van der Waals surface area contributed by atoms with E-state index in [-0.39, 0.29) is 30.9 Å². The Bertz CT molecular complexity index is 860. The fourth-order valence-corrected chi connectivity index (χ4v) is 4.22. The second-order valence-electron chi connectivity index (χ2n) is 6.65. The first-order valence-electron chi connectivity index (χ1n) is 8.43. The third-order valence-corrected chi connectivity index (χ3v) is 5.65. The molecule has 0 amide bonds. The molecule has 1 unspecified atom stereocenters. The van der Waals surface area contributed by atoms with Gasteiger partial charge in [0.25, 0.3) is 0 Å². The third-order valence-electron chi connectivity index (χ3n) is 4.34. The highest BCUT2D eigenvalue weighted by Gasteiger charge is 2.28. The van der Waals surface area contributed by atoms with Crippen molar-refractivity contribution in [3.05, 3.63) is 40.4 Å². The van der Waals surface area contributed by atoms with Crippen molar-refractivity contribution in [3.8, 4) is 0 Å². The van der Waals surface area contributed by atoms with Crippen LogP contribution in [0.1, 0.15) is 47.7 Å².